The quantitative estimate of drug-likeness (QED) is 0.0900. The fourth-order valence-corrected chi connectivity index (χ4v) is 7.02. The molecule has 42 heavy (non-hydrogen) atoms. The van der Waals surface area contributed by atoms with Gasteiger partial charge < -0.3 is 4.90 Å². The summed E-state index contributed by atoms with van der Waals surface area (Å²) in [5, 5.41) is 0. The number of hydrogen-bond donors (Lipinski definition) is 0. The van der Waals surface area contributed by atoms with Gasteiger partial charge in [0, 0.05) is 23.7 Å². The normalized spacial score (nSPS) is 15.2. The standard InChI is InChI=1S/C41H55N/c1-6-33(4)17-12-9-10-13-18-34(5)42-32-16-21-40(42)30-31-41(37-19-14-11-15-20-37,38-26-22-35(7-2)23-27-38)39-28-24-36(8-3)25-29-39/h11,14-15,19-20,22-29,40H,4-10,12-13,16-18,21,30-32H2,1-3H3. The molecule has 1 aliphatic heterocycles. The van der Waals surface area contributed by atoms with E-state index in [-0.39, 0.29) is 5.41 Å². The van der Waals surface area contributed by atoms with Crippen molar-refractivity contribution in [1.82, 2.24) is 4.90 Å². The van der Waals surface area contributed by atoms with E-state index in [0.717, 1.165) is 45.1 Å². The van der Waals surface area contributed by atoms with E-state index in [1.807, 2.05) is 0 Å². The number of hydrogen-bond acceptors (Lipinski definition) is 1. The van der Waals surface area contributed by atoms with Crippen LogP contribution in [0.3, 0.4) is 0 Å². The van der Waals surface area contributed by atoms with Gasteiger partial charge >= 0.3 is 0 Å². The highest BCUT2D eigenvalue weighted by molar-refractivity contribution is 5.51. The van der Waals surface area contributed by atoms with Gasteiger partial charge in [-0.05, 0) is 98.4 Å². The summed E-state index contributed by atoms with van der Waals surface area (Å²) in [6.45, 7) is 16.6. The van der Waals surface area contributed by atoms with E-state index in [1.54, 1.807) is 0 Å². The zero-order chi connectivity index (χ0) is 29.8. The highest BCUT2D eigenvalue weighted by Gasteiger charge is 2.38. The molecular formula is C41H55N. The second kappa shape index (κ2) is 16.0. The van der Waals surface area contributed by atoms with E-state index in [1.165, 1.54) is 84.0 Å². The van der Waals surface area contributed by atoms with E-state index >= 15 is 0 Å². The van der Waals surface area contributed by atoms with E-state index in [9.17, 15) is 0 Å². The summed E-state index contributed by atoms with van der Waals surface area (Å²) >= 11 is 0. The minimum Gasteiger partial charge on any atom is -0.372 e. The van der Waals surface area contributed by atoms with E-state index < -0.39 is 0 Å². The van der Waals surface area contributed by atoms with Gasteiger partial charge in [-0.1, -0.05) is 131 Å². The van der Waals surface area contributed by atoms with Gasteiger partial charge in [0.2, 0.25) is 0 Å². The molecular weight excluding hydrogens is 506 g/mol. The molecule has 1 heterocycles. The second-order valence-electron chi connectivity index (χ2n) is 12.5. The molecule has 3 aromatic carbocycles. The Morgan fingerprint density at radius 2 is 1.26 bits per heavy atom. The van der Waals surface area contributed by atoms with Crippen molar-refractivity contribution >= 4 is 0 Å². The lowest BCUT2D eigenvalue weighted by Gasteiger charge is -2.39. The molecule has 3 aromatic rings. The maximum absolute atomic E-state index is 4.62. The van der Waals surface area contributed by atoms with Crippen molar-refractivity contribution in [3.8, 4) is 0 Å². The number of nitrogens with zero attached hydrogens (tertiary/aromatic N) is 1. The van der Waals surface area contributed by atoms with Crippen LogP contribution in [0.15, 0.2) is 103 Å². The number of unbranched alkanes of at least 4 members (excludes halogenated alkanes) is 3. The van der Waals surface area contributed by atoms with Gasteiger partial charge in [0.15, 0.2) is 0 Å². The van der Waals surface area contributed by atoms with Crippen LogP contribution in [0.25, 0.3) is 0 Å². The van der Waals surface area contributed by atoms with Gasteiger partial charge in [-0.2, -0.15) is 0 Å². The minimum atomic E-state index is -0.183. The van der Waals surface area contributed by atoms with Crippen LogP contribution in [0.5, 0.6) is 0 Å². The Kier molecular flexibility index (Phi) is 12.1. The molecule has 0 bridgehead atoms. The zero-order valence-corrected chi connectivity index (χ0v) is 26.8. The molecule has 1 unspecified atom stereocenters. The molecule has 0 N–H and O–H groups in total. The fourth-order valence-electron chi connectivity index (χ4n) is 7.02. The molecule has 0 spiro atoms. The van der Waals surface area contributed by atoms with E-state index in [0.29, 0.717) is 6.04 Å². The highest BCUT2D eigenvalue weighted by Crippen LogP contribution is 2.45. The summed E-state index contributed by atoms with van der Waals surface area (Å²) in [7, 11) is 0. The van der Waals surface area contributed by atoms with Crippen molar-refractivity contribution in [1.29, 1.82) is 0 Å². The first kappa shape index (κ1) is 31.9. The molecule has 4 rings (SSSR count). The largest absolute Gasteiger partial charge is 0.372 e. The van der Waals surface area contributed by atoms with Crippen LogP contribution in [0.1, 0.15) is 119 Å². The fraction of sp³-hybridized carbons (Fsp3) is 0.463. The molecule has 1 fully saturated rings. The van der Waals surface area contributed by atoms with Crippen LogP contribution >= 0.6 is 0 Å². The molecule has 1 aliphatic rings. The molecule has 0 aliphatic carbocycles. The first-order valence-corrected chi connectivity index (χ1v) is 16.9. The van der Waals surface area contributed by atoms with Gasteiger partial charge in [-0.3, -0.25) is 0 Å². The number of rotatable bonds is 17. The number of aryl methyl sites for hydroxylation is 2. The predicted octanol–water partition coefficient (Wildman–Crippen LogP) is 11.2. The molecule has 1 heteroatoms. The Morgan fingerprint density at radius 3 is 1.81 bits per heavy atom. The van der Waals surface area contributed by atoms with Gasteiger partial charge in [0.1, 0.15) is 0 Å². The summed E-state index contributed by atoms with van der Waals surface area (Å²) in [4.78, 5) is 2.68. The monoisotopic (exact) mass is 561 g/mol. The van der Waals surface area contributed by atoms with Crippen molar-refractivity contribution in [3.05, 3.63) is 131 Å². The molecule has 224 valence electrons. The number of allylic oxidation sites excluding steroid dienone is 2. The van der Waals surface area contributed by atoms with Gasteiger partial charge in [0.05, 0.1) is 0 Å². The van der Waals surface area contributed by atoms with Gasteiger partial charge in [-0.25, -0.2) is 0 Å². The molecule has 1 atom stereocenters. The summed E-state index contributed by atoms with van der Waals surface area (Å²) in [5.41, 5.74) is 9.58. The van der Waals surface area contributed by atoms with Crippen LogP contribution in [0, 0.1) is 0 Å². The first-order chi connectivity index (χ1) is 20.5. The Hall–Kier alpha value is -3.06. The SMILES string of the molecule is C=C(CC)CCCCCCC(=C)N1CCCC1CCC(c1ccccc1)(c1ccc(CC)cc1)c1ccc(CC)cc1. The molecule has 1 saturated heterocycles. The van der Waals surface area contributed by atoms with Gasteiger partial charge in [-0.15, -0.1) is 0 Å². The van der Waals surface area contributed by atoms with Gasteiger partial charge in [0.25, 0.3) is 0 Å². The topological polar surface area (TPSA) is 3.24 Å². The summed E-state index contributed by atoms with van der Waals surface area (Å²) in [5.74, 6) is 0. The maximum Gasteiger partial charge on any atom is 0.0452 e. The Morgan fingerprint density at radius 1 is 0.714 bits per heavy atom. The van der Waals surface area contributed by atoms with E-state index in [2.05, 4.69) is 118 Å². The third-order valence-corrected chi connectivity index (χ3v) is 9.86. The highest BCUT2D eigenvalue weighted by atomic mass is 15.2. The Labute approximate surface area is 257 Å². The smallest absolute Gasteiger partial charge is 0.0452 e. The zero-order valence-electron chi connectivity index (χ0n) is 26.8. The maximum atomic E-state index is 4.62. The number of likely N-dealkylation sites (tertiary alicyclic amines) is 1. The summed E-state index contributed by atoms with van der Waals surface area (Å²) in [6, 6.07) is 30.8. The van der Waals surface area contributed by atoms with Crippen molar-refractivity contribution in [3.63, 3.8) is 0 Å². The van der Waals surface area contributed by atoms with Crippen molar-refractivity contribution < 1.29 is 0 Å². The molecule has 0 aromatic heterocycles. The predicted molar refractivity (Wildman–Crippen MR) is 183 cm³/mol. The number of benzene rings is 3. The van der Waals surface area contributed by atoms with Crippen LogP contribution < -0.4 is 0 Å². The average Bonchev–Trinajstić information content (AvgIpc) is 3.52. The lowest BCUT2D eigenvalue weighted by Crippen LogP contribution is -2.34. The lowest BCUT2D eigenvalue weighted by atomic mass is 9.66. The molecule has 1 nitrogen and oxygen atoms in total. The summed E-state index contributed by atoms with van der Waals surface area (Å²) in [6.07, 6.45) is 15.5. The third-order valence-electron chi connectivity index (χ3n) is 9.86. The summed E-state index contributed by atoms with van der Waals surface area (Å²) < 4.78 is 0. The minimum absolute atomic E-state index is 0.183. The lowest BCUT2D eigenvalue weighted by molar-refractivity contribution is 0.279. The molecule has 0 amide bonds. The van der Waals surface area contributed by atoms with Crippen LogP contribution in [-0.2, 0) is 18.3 Å². The second-order valence-corrected chi connectivity index (χ2v) is 12.5. The van der Waals surface area contributed by atoms with Crippen LogP contribution in [0.4, 0.5) is 0 Å². The average molecular weight is 562 g/mol. The van der Waals surface area contributed by atoms with E-state index in [4.69, 9.17) is 0 Å². The van der Waals surface area contributed by atoms with Crippen molar-refractivity contribution in [2.45, 2.75) is 116 Å². The van der Waals surface area contributed by atoms with Crippen molar-refractivity contribution in [2.24, 2.45) is 0 Å². The third kappa shape index (κ3) is 7.85. The van der Waals surface area contributed by atoms with Crippen molar-refractivity contribution in [2.75, 3.05) is 6.54 Å². The van der Waals surface area contributed by atoms with Crippen LogP contribution in [-0.4, -0.2) is 17.5 Å². The Balaban J connectivity index is 1.55. The first-order valence-electron chi connectivity index (χ1n) is 16.9. The van der Waals surface area contributed by atoms with Crippen LogP contribution in [0.2, 0.25) is 0 Å². The molecule has 0 saturated carbocycles. The Bertz CT molecular complexity index is 1190. The molecule has 0 radical (unpaired) electrons.